The highest BCUT2D eigenvalue weighted by Crippen LogP contribution is 2.16. The molecule has 0 radical (unpaired) electrons. The van der Waals surface area contributed by atoms with E-state index in [1.165, 1.54) is 10.4 Å². The Hall–Kier alpha value is -0.780. The number of hydrogen-bond acceptors (Lipinski definition) is 2. The first kappa shape index (κ1) is 10.3. The fraction of sp³-hybridized carbons (Fsp3) is 0.455. The van der Waals surface area contributed by atoms with Crippen LogP contribution in [0.5, 0.6) is 0 Å². The van der Waals surface area contributed by atoms with Crippen molar-refractivity contribution in [2.24, 2.45) is 0 Å². The van der Waals surface area contributed by atoms with E-state index in [1.54, 1.807) is 0 Å². The molecule has 1 heterocycles. The van der Waals surface area contributed by atoms with Crippen LogP contribution in [0.2, 0.25) is 0 Å². The van der Waals surface area contributed by atoms with E-state index in [0.29, 0.717) is 0 Å². The first-order valence-electron chi connectivity index (χ1n) is 4.58. The summed E-state index contributed by atoms with van der Waals surface area (Å²) in [5.41, 5.74) is 1.46. The highest BCUT2D eigenvalue weighted by Gasteiger charge is 2.00. The molecule has 1 aromatic rings. The van der Waals surface area contributed by atoms with E-state index in [9.17, 15) is 0 Å². The van der Waals surface area contributed by atoms with Crippen LogP contribution in [-0.4, -0.2) is 6.54 Å². The van der Waals surface area contributed by atoms with Crippen LogP contribution >= 0.6 is 11.3 Å². The Morgan fingerprint density at radius 3 is 3.15 bits per heavy atom. The quantitative estimate of drug-likeness (QED) is 0.559. The SMILES string of the molecule is C#CCCNCc1sccc1CC. The standard InChI is InChI=1S/C11H15NS/c1-3-5-7-12-9-11-10(4-2)6-8-13-11/h1,6,8,12H,4-5,7,9H2,2H3. The smallest absolute Gasteiger partial charge is 0.0302 e. The second-order valence-electron chi connectivity index (χ2n) is 2.85. The van der Waals surface area contributed by atoms with Gasteiger partial charge < -0.3 is 5.32 Å². The molecule has 0 saturated carbocycles. The molecule has 13 heavy (non-hydrogen) atoms. The average molecular weight is 193 g/mol. The number of thiophene rings is 1. The molecule has 0 unspecified atom stereocenters. The summed E-state index contributed by atoms with van der Waals surface area (Å²) >= 11 is 1.82. The van der Waals surface area contributed by atoms with Gasteiger partial charge in [0.1, 0.15) is 0 Å². The summed E-state index contributed by atoms with van der Waals surface area (Å²) in [6, 6.07) is 2.20. The fourth-order valence-electron chi connectivity index (χ4n) is 1.20. The van der Waals surface area contributed by atoms with Crippen molar-refractivity contribution < 1.29 is 0 Å². The lowest BCUT2D eigenvalue weighted by Gasteiger charge is -2.02. The van der Waals surface area contributed by atoms with Crippen LogP contribution in [0.1, 0.15) is 23.8 Å². The van der Waals surface area contributed by atoms with E-state index in [-0.39, 0.29) is 0 Å². The van der Waals surface area contributed by atoms with Crippen molar-refractivity contribution in [1.82, 2.24) is 5.32 Å². The minimum Gasteiger partial charge on any atom is -0.311 e. The molecule has 0 fully saturated rings. The Bertz CT molecular complexity index is 283. The first-order valence-corrected chi connectivity index (χ1v) is 5.46. The lowest BCUT2D eigenvalue weighted by atomic mass is 10.2. The zero-order valence-electron chi connectivity index (χ0n) is 7.97. The van der Waals surface area contributed by atoms with E-state index >= 15 is 0 Å². The predicted molar refractivity (Wildman–Crippen MR) is 58.9 cm³/mol. The molecule has 1 rings (SSSR count). The van der Waals surface area contributed by atoms with Gasteiger partial charge in [0, 0.05) is 24.4 Å². The van der Waals surface area contributed by atoms with Gasteiger partial charge in [-0.1, -0.05) is 6.92 Å². The van der Waals surface area contributed by atoms with Gasteiger partial charge in [-0.3, -0.25) is 0 Å². The van der Waals surface area contributed by atoms with Gasteiger partial charge in [0.25, 0.3) is 0 Å². The zero-order valence-corrected chi connectivity index (χ0v) is 8.79. The lowest BCUT2D eigenvalue weighted by Crippen LogP contribution is -2.14. The Labute approximate surface area is 84.2 Å². The molecule has 1 N–H and O–H groups in total. The summed E-state index contributed by atoms with van der Waals surface area (Å²) in [5.74, 6) is 2.62. The summed E-state index contributed by atoms with van der Waals surface area (Å²) < 4.78 is 0. The molecule has 2 heteroatoms. The maximum atomic E-state index is 5.16. The van der Waals surface area contributed by atoms with E-state index in [4.69, 9.17) is 6.42 Å². The van der Waals surface area contributed by atoms with Crippen molar-refractivity contribution in [3.8, 4) is 12.3 Å². The Morgan fingerprint density at radius 1 is 1.62 bits per heavy atom. The molecule has 70 valence electrons. The van der Waals surface area contributed by atoms with Gasteiger partial charge in [0.2, 0.25) is 0 Å². The van der Waals surface area contributed by atoms with Crippen LogP contribution < -0.4 is 5.32 Å². The van der Waals surface area contributed by atoms with Gasteiger partial charge in [-0.05, 0) is 23.4 Å². The summed E-state index contributed by atoms with van der Waals surface area (Å²) in [6.45, 7) is 4.06. The van der Waals surface area contributed by atoms with Gasteiger partial charge in [-0.15, -0.1) is 23.7 Å². The molecule has 1 nitrogen and oxygen atoms in total. The Balaban J connectivity index is 2.32. The van der Waals surface area contributed by atoms with Crippen LogP contribution in [0.15, 0.2) is 11.4 Å². The van der Waals surface area contributed by atoms with Crippen molar-refractivity contribution in [2.45, 2.75) is 26.3 Å². The second kappa shape index (κ2) is 5.80. The molecule has 0 spiro atoms. The molecule has 0 atom stereocenters. The summed E-state index contributed by atoms with van der Waals surface area (Å²) in [7, 11) is 0. The highest BCUT2D eigenvalue weighted by atomic mass is 32.1. The van der Waals surface area contributed by atoms with E-state index < -0.39 is 0 Å². The molecular weight excluding hydrogens is 178 g/mol. The van der Waals surface area contributed by atoms with E-state index in [0.717, 1.165) is 25.9 Å². The molecule has 0 amide bonds. The van der Waals surface area contributed by atoms with E-state index in [2.05, 4.69) is 29.6 Å². The molecule has 0 aliphatic heterocycles. The van der Waals surface area contributed by atoms with Crippen molar-refractivity contribution in [2.75, 3.05) is 6.54 Å². The van der Waals surface area contributed by atoms with Gasteiger partial charge >= 0.3 is 0 Å². The fourth-order valence-corrected chi connectivity index (χ4v) is 2.15. The summed E-state index contributed by atoms with van der Waals surface area (Å²) in [6.07, 6.45) is 7.09. The number of rotatable bonds is 5. The number of hydrogen-bond donors (Lipinski definition) is 1. The molecule has 0 aromatic carbocycles. The zero-order chi connectivity index (χ0) is 9.52. The van der Waals surface area contributed by atoms with Crippen LogP contribution in [0.25, 0.3) is 0 Å². The van der Waals surface area contributed by atoms with Crippen molar-refractivity contribution in [3.05, 3.63) is 21.9 Å². The normalized spacial score (nSPS) is 9.85. The highest BCUT2D eigenvalue weighted by molar-refractivity contribution is 7.10. The predicted octanol–water partition coefficient (Wildman–Crippen LogP) is 2.42. The van der Waals surface area contributed by atoms with Crippen LogP contribution in [0.3, 0.4) is 0 Å². The first-order chi connectivity index (χ1) is 6.38. The Morgan fingerprint density at radius 2 is 2.46 bits per heavy atom. The lowest BCUT2D eigenvalue weighted by molar-refractivity contribution is 0.705. The summed E-state index contributed by atoms with van der Waals surface area (Å²) in [5, 5.41) is 5.48. The largest absolute Gasteiger partial charge is 0.311 e. The molecule has 0 bridgehead atoms. The van der Waals surface area contributed by atoms with E-state index in [1.807, 2.05) is 11.3 Å². The molecule has 0 aliphatic carbocycles. The topological polar surface area (TPSA) is 12.0 Å². The molecule has 0 saturated heterocycles. The van der Waals surface area contributed by atoms with Crippen molar-refractivity contribution in [1.29, 1.82) is 0 Å². The average Bonchev–Trinajstić information content (AvgIpc) is 2.60. The minimum atomic E-state index is 0.812. The summed E-state index contributed by atoms with van der Waals surface area (Å²) in [4.78, 5) is 1.44. The maximum Gasteiger partial charge on any atom is 0.0302 e. The van der Waals surface area contributed by atoms with Crippen LogP contribution in [-0.2, 0) is 13.0 Å². The van der Waals surface area contributed by atoms with Gasteiger partial charge in [-0.25, -0.2) is 0 Å². The number of aryl methyl sites for hydroxylation is 1. The minimum absolute atomic E-state index is 0.812. The van der Waals surface area contributed by atoms with Gasteiger partial charge in [0.15, 0.2) is 0 Å². The third-order valence-electron chi connectivity index (χ3n) is 1.95. The molecule has 0 aliphatic rings. The van der Waals surface area contributed by atoms with Crippen molar-refractivity contribution >= 4 is 11.3 Å². The van der Waals surface area contributed by atoms with Crippen LogP contribution in [0.4, 0.5) is 0 Å². The second-order valence-corrected chi connectivity index (χ2v) is 3.85. The monoisotopic (exact) mass is 193 g/mol. The third-order valence-corrected chi connectivity index (χ3v) is 2.91. The van der Waals surface area contributed by atoms with Gasteiger partial charge in [-0.2, -0.15) is 0 Å². The van der Waals surface area contributed by atoms with Crippen molar-refractivity contribution in [3.63, 3.8) is 0 Å². The number of nitrogens with one attached hydrogen (secondary N) is 1. The molecule has 1 aromatic heterocycles. The van der Waals surface area contributed by atoms with Gasteiger partial charge in [0.05, 0.1) is 0 Å². The van der Waals surface area contributed by atoms with Crippen LogP contribution in [0, 0.1) is 12.3 Å². The molecular formula is C11H15NS. The maximum absolute atomic E-state index is 5.16. The Kier molecular flexibility index (Phi) is 4.59. The number of terminal acetylenes is 1. The third kappa shape index (κ3) is 3.22.